The highest BCUT2D eigenvalue weighted by Crippen LogP contribution is 2.36. The number of hydrogen-bond donors (Lipinski definition) is 0. The average Bonchev–Trinajstić information content (AvgIpc) is 3.25. The number of rotatable bonds is 3. The Kier molecular flexibility index (Phi) is 3.50. The molecule has 0 spiro atoms. The SMILES string of the molecule is O=C1C(=O)N(CN2CCC[C@@H]2c2cccs2)c2ccc(F)cc21. The summed E-state index contributed by atoms with van der Waals surface area (Å²) in [5.41, 5.74) is 0.681. The Morgan fingerprint density at radius 1 is 1.26 bits per heavy atom. The predicted molar refractivity (Wildman–Crippen MR) is 86.1 cm³/mol. The zero-order chi connectivity index (χ0) is 16.0. The van der Waals surface area contributed by atoms with E-state index in [9.17, 15) is 14.0 Å². The Morgan fingerprint density at radius 3 is 2.91 bits per heavy atom. The van der Waals surface area contributed by atoms with Crippen LogP contribution in [0.25, 0.3) is 0 Å². The van der Waals surface area contributed by atoms with Gasteiger partial charge in [0.15, 0.2) is 0 Å². The number of ketones is 1. The number of fused-ring (bicyclic) bond motifs is 1. The summed E-state index contributed by atoms with van der Waals surface area (Å²) in [6.07, 6.45) is 2.11. The summed E-state index contributed by atoms with van der Waals surface area (Å²) in [4.78, 5) is 29.3. The summed E-state index contributed by atoms with van der Waals surface area (Å²) in [5.74, 6) is -1.68. The summed E-state index contributed by atoms with van der Waals surface area (Å²) in [6.45, 7) is 1.25. The zero-order valence-corrected chi connectivity index (χ0v) is 13.2. The number of anilines is 1. The largest absolute Gasteiger partial charge is 0.300 e. The van der Waals surface area contributed by atoms with Crippen molar-refractivity contribution in [1.82, 2.24) is 4.90 Å². The minimum Gasteiger partial charge on any atom is -0.291 e. The van der Waals surface area contributed by atoms with Crippen molar-refractivity contribution in [2.45, 2.75) is 18.9 Å². The zero-order valence-electron chi connectivity index (χ0n) is 12.4. The Balaban J connectivity index is 1.62. The maximum absolute atomic E-state index is 13.4. The number of nitrogens with zero attached hydrogens (tertiary/aromatic N) is 2. The molecule has 0 N–H and O–H groups in total. The highest BCUT2D eigenvalue weighted by atomic mass is 32.1. The first-order valence-electron chi connectivity index (χ1n) is 7.58. The molecule has 23 heavy (non-hydrogen) atoms. The van der Waals surface area contributed by atoms with Crippen LogP contribution in [0.5, 0.6) is 0 Å². The molecular formula is C17H15FN2O2S. The first-order chi connectivity index (χ1) is 11.1. The molecule has 1 aromatic heterocycles. The van der Waals surface area contributed by atoms with Crippen LogP contribution in [0.1, 0.15) is 34.1 Å². The highest BCUT2D eigenvalue weighted by Gasteiger charge is 2.38. The molecule has 118 valence electrons. The van der Waals surface area contributed by atoms with Crippen molar-refractivity contribution in [2.75, 3.05) is 18.1 Å². The number of hydrogen-bond acceptors (Lipinski definition) is 4. The number of thiophene rings is 1. The topological polar surface area (TPSA) is 40.6 Å². The van der Waals surface area contributed by atoms with Crippen LogP contribution in [-0.4, -0.2) is 29.8 Å². The van der Waals surface area contributed by atoms with Gasteiger partial charge in [-0.3, -0.25) is 19.4 Å². The van der Waals surface area contributed by atoms with E-state index >= 15 is 0 Å². The number of likely N-dealkylation sites (tertiary alicyclic amines) is 1. The Bertz CT molecular complexity index is 775. The second kappa shape index (κ2) is 5.54. The quantitative estimate of drug-likeness (QED) is 0.812. The molecule has 2 aromatic rings. The van der Waals surface area contributed by atoms with Gasteiger partial charge in [0.25, 0.3) is 5.78 Å². The molecule has 0 radical (unpaired) electrons. The molecule has 0 saturated carbocycles. The summed E-state index contributed by atoms with van der Waals surface area (Å²) < 4.78 is 13.4. The normalized spacial score (nSPS) is 21.3. The first kappa shape index (κ1) is 14.5. The van der Waals surface area contributed by atoms with Gasteiger partial charge in [-0.25, -0.2) is 4.39 Å². The third-order valence-electron chi connectivity index (χ3n) is 4.49. The van der Waals surface area contributed by atoms with Gasteiger partial charge in [-0.05, 0) is 42.5 Å². The van der Waals surface area contributed by atoms with E-state index < -0.39 is 17.5 Å². The number of carbonyl (C=O) groups excluding carboxylic acids is 2. The fourth-order valence-electron chi connectivity index (χ4n) is 3.39. The standard InChI is InChI=1S/C17H15FN2O2S/c18-11-5-6-13-12(9-11)16(21)17(22)20(13)10-19-7-1-3-14(19)15-4-2-8-23-15/h2,4-6,8-9,14H,1,3,7,10H2/t14-/m1/s1. The van der Waals surface area contributed by atoms with Gasteiger partial charge >= 0.3 is 5.91 Å². The van der Waals surface area contributed by atoms with Crippen molar-refractivity contribution in [3.63, 3.8) is 0 Å². The van der Waals surface area contributed by atoms with Crippen LogP contribution >= 0.6 is 11.3 Å². The van der Waals surface area contributed by atoms with Gasteiger partial charge in [0.2, 0.25) is 0 Å². The van der Waals surface area contributed by atoms with E-state index in [4.69, 9.17) is 0 Å². The Morgan fingerprint density at radius 2 is 2.13 bits per heavy atom. The van der Waals surface area contributed by atoms with E-state index in [1.54, 1.807) is 11.3 Å². The molecule has 1 atom stereocenters. The van der Waals surface area contributed by atoms with E-state index in [1.807, 2.05) is 6.07 Å². The molecule has 2 aliphatic rings. The third-order valence-corrected chi connectivity index (χ3v) is 5.47. The van der Waals surface area contributed by atoms with Crippen LogP contribution in [0.3, 0.4) is 0 Å². The molecular weight excluding hydrogens is 315 g/mol. The van der Waals surface area contributed by atoms with Crippen LogP contribution in [0.15, 0.2) is 35.7 Å². The van der Waals surface area contributed by atoms with Crippen molar-refractivity contribution in [3.05, 3.63) is 52.0 Å². The molecule has 0 aliphatic carbocycles. The molecule has 1 fully saturated rings. The molecule has 3 heterocycles. The maximum atomic E-state index is 13.4. The molecule has 1 saturated heterocycles. The Labute approximate surface area is 137 Å². The smallest absolute Gasteiger partial charge is 0.291 e. The van der Waals surface area contributed by atoms with E-state index in [0.717, 1.165) is 25.5 Å². The lowest BCUT2D eigenvalue weighted by molar-refractivity contribution is -0.114. The van der Waals surface area contributed by atoms with Crippen LogP contribution in [0, 0.1) is 5.82 Å². The monoisotopic (exact) mass is 330 g/mol. The fourth-order valence-corrected chi connectivity index (χ4v) is 4.29. The van der Waals surface area contributed by atoms with Gasteiger partial charge in [-0.2, -0.15) is 0 Å². The molecule has 1 amide bonds. The lowest BCUT2D eigenvalue weighted by Crippen LogP contribution is -2.40. The second-order valence-electron chi connectivity index (χ2n) is 5.85. The van der Waals surface area contributed by atoms with Crippen LogP contribution in [0.4, 0.5) is 10.1 Å². The van der Waals surface area contributed by atoms with Gasteiger partial charge in [-0.1, -0.05) is 6.07 Å². The van der Waals surface area contributed by atoms with Crippen LogP contribution in [0.2, 0.25) is 0 Å². The number of benzene rings is 1. The summed E-state index contributed by atoms with van der Waals surface area (Å²) in [5, 5.41) is 2.05. The Hall–Kier alpha value is -2.05. The number of amides is 1. The predicted octanol–water partition coefficient (Wildman–Crippen LogP) is 3.21. The van der Waals surface area contributed by atoms with Gasteiger partial charge in [0.1, 0.15) is 5.82 Å². The second-order valence-corrected chi connectivity index (χ2v) is 6.83. The van der Waals surface area contributed by atoms with Crippen molar-refractivity contribution in [3.8, 4) is 0 Å². The molecule has 0 bridgehead atoms. The molecule has 0 unspecified atom stereocenters. The summed E-state index contributed by atoms with van der Waals surface area (Å²) in [7, 11) is 0. The maximum Gasteiger partial charge on any atom is 0.300 e. The van der Waals surface area contributed by atoms with Crippen molar-refractivity contribution >= 4 is 28.7 Å². The van der Waals surface area contributed by atoms with Gasteiger partial charge < -0.3 is 0 Å². The molecule has 6 heteroatoms. The fraction of sp³-hybridized carbons (Fsp3) is 0.294. The van der Waals surface area contributed by atoms with Crippen molar-refractivity contribution in [2.24, 2.45) is 0 Å². The van der Waals surface area contributed by atoms with Crippen LogP contribution in [-0.2, 0) is 4.79 Å². The van der Waals surface area contributed by atoms with Gasteiger partial charge in [0, 0.05) is 17.5 Å². The lowest BCUT2D eigenvalue weighted by Gasteiger charge is -2.28. The van der Waals surface area contributed by atoms with Gasteiger partial charge in [-0.15, -0.1) is 11.3 Å². The molecule has 4 rings (SSSR count). The molecule has 2 aliphatic heterocycles. The van der Waals surface area contributed by atoms with E-state index in [2.05, 4.69) is 16.3 Å². The summed E-state index contributed by atoms with van der Waals surface area (Å²) in [6, 6.07) is 8.37. The van der Waals surface area contributed by atoms with Crippen molar-refractivity contribution in [1.29, 1.82) is 0 Å². The van der Waals surface area contributed by atoms with E-state index in [0.29, 0.717) is 12.4 Å². The van der Waals surface area contributed by atoms with Crippen molar-refractivity contribution < 1.29 is 14.0 Å². The van der Waals surface area contributed by atoms with Crippen LogP contribution < -0.4 is 4.90 Å². The van der Waals surface area contributed by atoms with E-state index in [-0.39, 0.29) is 11.6 Å². The number of Topliss-reactive ketones (excluding diaryl/α,β-unsaturated/α-hetero) is 1. The van der Waals surface area contributed by atoms with Gasteiger partial charge in [0.05, 0.1) is 17.9 Å². The number of halogens is 1. The van der Waals surface area contributed by atoms with E-state index in [1.165, 1.54) is 21.9 Å². The minimum absolute atomic E-state index is 0.168. The lowest BCUT2D eigenvalue weighted by atomic mass is 10.1. The molecule has 1 aromatic carbocycles. The average molecular weight is 330 g/mol. The highest BCUT2D eigenvalue weighted by molar-refractivity contribution is 7.10. The minimum atomic E-state index is -0.619. The third kappa shape index (κ3) is 2.38. The first-order valence-corrected chi connectivity index (χ1v) is 8.46. The molecule has 4 nitrogen and oxygen atoms in total. The summed E-state index contributed by atoms with van der Waals surface area (Å²) >= 11 is 1.71. The number of carbonyl (C=O) groups is 2.